The number of allylic oxidation sites excluding steroid dienone is 1. The molecule has 6 rings (SSSR count). The van der Waals surface area contributed by atoms with Crippen molar-refractivity contribution >= 4 is 56.6 Å². The van der Waals surface area contributed by atoms with Gasteiger partial charge in [0.1, 0.15) is 29.5 Å². The lowest BCUT2D eigenvalue weighted by molar-refractivity contribution is -0.145. The van der Waals surface area contributed by atoms with E-state index in [0.29, 0.717) is 28.8 Å². The van der Waals surface area contributed by atoms with Gasteiger partial charge in [-0.25, -0.2) is 9.78 Å². The Morgan fingerprint density at radius 1 is 1.20 bits per heavy atom. The number of hydrogen-bond acceptors (Lipinski definition) is 8. The summed E-state index contributed by atoms with van der Waals surface area (Å²) in [6.07, 6.45) is 7.95. The van der Waals surface area contributed by atoms with E-state index >= 15 is 0 Å². The fraction of sp³-hybridized carbons (Fsp3) is 0.438. The minimum Gasteiger partial charge on any atom is -0.497 e. The number of nitrogens with zero attached hydrogens (tertiary/aromatic N) is 2. The second-order valence-corrected chi connectivity index (χ2v) is 13.1. The zero-order valence-corrected chi connectivity index (χ0v) is 25.9. The van der Waals surface area contributed by atoms with E-state index in [4.69, 9.17) is 21.1 Å². The minimum atomic E-state index is -1.37. The number of fused-ring (bicyclic) bond motifs is 3. The molecule has 2 aliphatic heterocycles. The Hall–Kier alpha value is -3.83. The molecule has 10 nitrogen and oxygen atoms in total. The molecule has 1 aliphatic carbocycles. The van der Waals surface area contributed by atoms with Crippen LogP contribution in [0.15, 0.2) is 54.6 Å². The number of carbonyl (C=O) groups excluding carboxylic acids is 2. The van der Waals surface area contributed by atoms with Gasteiger partial charge >= 0.3 is 5.97 Å². The second kappa shape index (κ2) is 12.6. The van der Waals surface area contributed by atoms with Crippen LogP contribution >= 0.6 is 22.9 Å². The van der Waals surface area contributed by atoms with Crippen molar-refractivity contribution in [3.05, 3.63) is 59.6 Å². The number of aliphatic carboxylic acids is 1. The smallest absolute Gasteiger partial charge is 0.330 e. The molecule has 0 spiro atoms. The molecule has 1 aromatic heterocycles. The van der Waals surface area contributed by atoms with Crippen molar-refractivity contribution in [1.29, 1.82) is 0 Å². The first-order valence-electron chi connectivity index (χ1n) is 14.9. The highest BCUT2D eigenvalue weighted by Crippen LogP contribution is 2.45. The molecule has 2 aromatic carbocycles. The number of carboxylic acids is 1. The van der Waals surface area contributed by atoms with Gasteiger partial charge in [-0.05, 0) is 56.0 Å². The fourth-order valence-electron chi connectivity index (χ4n) is 6.13. The number of halogens is 1. The molecule has 1 saturated carbocycles. The van der Waals surface area contributed by atoms with E-state index < -0.39 is 35.6 Å². The summed E-state index contributed by atoms with van der Waals surface area (Å²) >= 11 is 7.50. The maximum Gasteiger partial charge on any atom is 0.330 e. The zero-order chi connectivity index (χ0) is 30.8. The van der Waals surface area contributed by atoms with Gasteiger partial charge in [0.15, 0.2) is 0 Å². The van der Waals surface area contributed by atoms with Gasteiger partial charge in [0, 0.05) is 29.1 Å². The highest BCUT2D eigenvalue weighted by Gasteiger charge is 2.61. The van der Waals surface area contributed by atoms with E-state index in [9.17, 15) is 19.5 Å². The van der Waals surface area contributed by atoms with Crippen LogP contribution in [0.5, 0.6) is 10.9 Å². The monoisotopic (exact) mass is 638 g/mol. The zero-order valence-electron chi connectivity index (χ0n) is 24.3. The summed E-state index contributed by atoms with van der Waals surface area (Å²) in [6, 6.07) is 11.3. The number of aromatic nitrogens is 1. The average molecular weight is 639 g/mol. The molecule has 5 atom stereocenters. The average Bonchev–Trinajstić information content (AvgIpc) is 3.32. The molecule has 1 saturated heterocycles. The lowest BCUT2D eigenvalue weighted by atomic mass is 10.0. The summed E-state index contributed by atoms with van der Waals surface area (Å²) in [5.74, 6) is -1.43. The van der Waals surface area contributed by atoms with Crippen molar-refractivity contribution in [3.8, 4) is 10.9 Å². The maximum absolute atomic E-state index is 14.3. The number of ether oxygens (including phenoxy) is 2. The lowest BCUT2D eigenvalue weighted by Crippen LogP contribution is -2.55. The van der Waals surface area contributed by atoms with Crippen LogP contribution in [0.3, 0.4) is 0 Å². The van der Waals surface area contributed by atoms with Crippen molar-refractivity contribution in [2.75, 3.05) is 19.0 Å². The molecule has 3 aromatic rings. The third kappa shape index (κ3) is 6.34. The van der Waals surface area contributed by atoms with Gasteiger partial charge in [-0.3, -0.25) is 9.59 Å². The summed E-state index contributed by atoms with van der Waals surface area (Å²) in [7, 11) is 1.59. The summed E-state index contributed by atoms with van der Waals surface area (Å²) in [4.78, 5) is 46.6. The fourth-order valence-corrected chi connectivity index (χ4v) is 7.29. The van der Waals surface area contributed by atoms with Gasteiger partial charge in [-0.2, -0.15) is 0 Å². The van der Waals surface area contributed by atoms with Crippen LogP contribution in [-0.2, 0) is 14.4 Å². The van der Waals surface area contributed by atoms with Crippen LogP contribution in [0.2, 0.25) is 5.02 Å². The van der Waals surface area contributed by atoms with Gasteiger partial charge in [0.2, 0.25) is 11.8 Å². The van der Waals surface area contributed by atoms with E-state index in [2.05, 4.69) is 15.6 Å². The van der Waals surface area contributed by atoms with Gasteiger partial charge in [0.05, 0.1) is 23.9 Å². The molecule has 3 heterocycles. The van der Waals surface area contributed by atoms with E-state index in [1.807, 2.05) is 48.6 Å². The molecule has 3 aliphatic rings. The number of thiazole rings is 1. The first kappa shape index (κ1) is 30.2. The van der Waals surface area contributed by atoms with E-state index in [-0.39, 0.29) is 24.8 Å². The van der Waals surface area contributed by atoms with Crippen LogP contribution in [0.25, 0.3) is 10.2 Å². The quantitative estimate of drug-likeness (QED) is 0.312. The summed E-state index contributed by atoms with van der Waals surface area (Å²) in [6.45, 7) is 0.160. The number of nitrogens with one attached hydrogen (secondary N) is 2. The number of anilines is 1. The van der Waals surface area contributed by atoms with E-state index in [0.717, 1.165) is 41.6 Å². The number of carbonyl (C=O) groups is 3. The highest BCUT2D eigenvalue weighted by molar-refractivity contribution is 7.20. The Morgan fingerprint density at radius 2 is 2.07 bits per heavy atom. The number of methoxy groups -OCH3 is 1. The number of carboxylic acid groups (broad SMARTS) is 1. The predicted molar refractivity (Wildman–Crippen MR) is 168 cm³/mol. The predicted octanol–water partition coefficient (Wildman–Crippen LogP) is 5.27. The number of amides is 2. The molecule has 44 heavy (non-hydrogen) atoms. The molecule has 0 radical (unpaired) electrons. The Kier molecular flexibility index (Phi) is 8.68. The molecular weight excluding hydrogens is 604 g/mol. The van der Waals surface area contributed by atoms with Crippen molar-refractivity contribution in [2.45, 2.75) is 68.7 Å². The van der Waals surface area contributed by atoms with Gasteiger partial charge in [0.25, 0.3) is 5.19 Å². The molecule has 232 valence electrons. The minimum absolute atomic E-state index is 0.160. The summed E-state index contributed by atoms with van der Waals surface area (Å²) in [5.41, 5.74) is 0.108. The molecule has 0 bridgehead atoms. The van der Waals surface area contributed by atoms with Crippen LogP contribution in [-0.4, -0.2) is 70.2 Å². The summed E-state index contributed by atoms with van der Waals surface area (Å²) in [5, 5.41) is 17.3. The standard InChI is InChI=1S/C32H35ClN4O6S/c1-42-22-10-7-9-21(15-22)34-25-11-6-4-2-3-5-8-19-17-32(19,30(40)41)36-28(38)26-16-23(18-37(26)29(25)39)43-31-35-24-13-12-20(33)14-27(24)44-31/h5,7-10,12-15,19,23,25-26,34H,2-4,6,11,16-18H2,1H3,(H,36,38)(H,40,41)/t19-,23-,25+,26+,32-/m1/s1. The number of rotatable bonds is 6. The molecule has 12 heteroatoms. The van der Waals surface area contributed by atoms with Crippen LogP contribution in [0.4, 0.5) is 5.69 Å². The van der Waals surface area contributed by atoms with E-state index in [1.54, 1.807) is 18.1 Å². The van der Waals surface area contributed by atoms with Gasteiger partial charge in [-0.15, -0.1) is 0 Å². The van der Waals surface area contributed by atoms with Crippen LogP contribution in [0, 0.1) is 5.92 Å². The third-order valence-corrected chi connectivity index (χ3v) is 9.77. The molecule has 2 amide bonds. The van der Waals surface area contributed by atoms with Crippen molar-refractivity contribution in [1.82, 2.24) is 15.2 Å². The summed E-state index contributed by atoms with van der Waals surface area (Å²) < 4.78 is 12.5. The Bertz CT molecular complexity index is 1600. The van der Waals surface area contributed by atoms with Crippen molar-refractivity contribution in [2.24, 2.45) is 5.92 Å². The molecular formula is C32H35ClN4O6S. The molecule has 3 N–H and O–H groups in total. The third-order valence-electron chi connectivity index (χ3n) is 8.63. The van der Waals surface area contributed by atoms with Crippen molar-refractivity contribution in [3.63, 3.8) is 0 Å². The highest BCUT2D eigenvalue weighted by atomic mass is 35.5. The topological polar surface area (TPSA) is 130 Å². The number of hydrogen-bond donors (Lipinski definition) is 3. The Balaban J connectivity index is 1.29. The Morgan fingerprint density at radius 3 is 2.89 bits per heavy atom. The molecule has 0 unspecified atom stereocenters. The lowest BCUT2D eigenvalue weighted by Gasteiger charge is -2.30. The maximum atomic E-state index is 14.3. The Labute approximate surface area is 264 Å². The van der Waals surface area contributed by atoms with Crippen LogP contribution in [0.1, 0.15) is 44.9 Å². The largest absolute Gasteiger partial charge is 0.497 e. The van der Waals surface area contributed by atoms with Gasteiger partial charge < -0.3 is 30.1 Å². The first-order chi connectivity index (χ1) is 21.3. The SMILES string of the molecule is COc1cccc(N[C@H]2CCCCCC=C[C@@H]3C[C@@]3(C(=O)O)NC(=O)[C@@H]3C[C@@H](Oc4nc5ccc(Cl)cc5s4)CN3C2=O)c1. The van der Waals surface area contributed by atoms with Gasteiger partial charge in [-0.1, -0.05) is 54.0 Å². The normalized spacial score (nSPS) is 27.5. The van der Waals surface area contributed by atoms with Crippen molar-refractivity contribution < 1.29 is 29.0 Å². The second-order valence-electron chi connectivity index (χ2n) is 11.6. The number of benzene rings is 2. The van der Waals surface area contributed by atoms with E-state index in [1.165, 1.54) is 11.3 Å². The van der Waals surface area contributed by atoms with Crippen LogP contribution < -0.4 is 20.1 Å². The first-order valence-corrected chi connectivity index (χ1v) is 16.1. The molecule has 2 fully saturated rings.